The number of ether oxygens (including phenoxy) is 1. The third kappa shape index (κ3) is 4.86. The van der Waals surface area contributed by atoms with Crippen molar-refractivity contribution in [3.63, 3.8) is 0 Å². The van der Waals surface area contributed by atoms with Crippen LogP contribution in [0.15, 0.2) is 85.1 Å². The molecule has 0 atom stereocenters. The van der Waals surface area contributed by atoms with E-state index in [1.54, 1.807) is 18.2 Å². The quantitative estimate of drug-likeness (QED) is 0.433. The molecule has 1 aromatic heterocycles. The molecule has 3 aromatic carbocycles. The van der Waals surface area contributed by atoms with Gasteiger partial charge in [0.2, 0.25) is 0 Å². The summed E-state index contributed by atoms with van der Waals surface area (Å²) in [5, 5.41) is 12.3. The summed E-state index contributed by atoms with van der Waals surface area (Å²) in [6.45, 7) is 0.819. The van der Waals surface area contributed by atoms with Crippen molar-refractivity contribution in [1.82, 2.24) is 15.3 Å². The van der Waals surface area contributed by atoms with Crippen molar-refractivity contribution in [1.29, 1.82) is 0 Å². The van der Waals surface area contributed by atoms with Gasteiger partial charge in [-0.25, -0.2) is 4.98 Å². The number of phenols is 1. The average Bonchev–Trinajstić information content (AvgIpc) is 3.28. The van der Waals surface area contributed by atoms with Crippen LogP contribution >= 0.6 is 0 Å². The Labute approximate surface area is 174 Å². The highest BCUT2D eigenvalue weighted by Crippen LogP contribution is 2.21. The van der Waals surface area contributed by atoms with Crippen LogP contribution in [0.25, 0.3) is 11.4 Å². The van der Waals surface area contributed by atoms with Crippen LogP contribution in [0.4, 0.5) is 0 Å². The number of amides is 1. The molecule has 150 valence electrons. The van der Waals surface area contributed by atoms with Crippen LogP contribution in [0, 0.1) is 0 Å². The molecule has 0 saturated heterocycles. The third-order valence-electron chi connectivity index (χ3n) is 4.56. The fourth-order valence-corrected chi connectivity index (χ4v) is 2.98. The fraction of sp³-hybridized carbons (Fsp3) is 0.0833. The Morgan fingerprint density at radius 2 is 1.73 bits per heavy atom. The SMILES string of the molecule is O=C(NCc1cccc(O)c1)c1cnc(-c2ccc(OCc3ccccc3)cc2)[nH]1. The van der Waals surface area contributed by atoms with Crippen LogP contribution in [-0.2, 0) is 13.2 Å². The van der Waals surface area contributed by atoms with Gasteiger partial charge in [0.1, 0.15) is 29.6 Å². The summed E-state index contributed by atoms with van der Waals surface area (Å²) >= 11 is 0. The summed E-state index contributed by atoms with van der Waals surface area (Å²) in [7, 11) is 0. The van der Waals surface area contributed by atoms with E-state index in [0.717, 1.165) is 22.4 Å². The number of aromatic hydroxyl groups is 1. The molecule has 3 N–H and O–H groups in total. The minimum atomic E-state index is -0.264. The first-order valence-corrected chi connectivity index (χ1v) is 9.56. The number of rotatable bonds is 7. The van der Waals surface area contributed by atoms with E-state index in [-0.39, 0.29) is 11.7 Å². The Hall–Kier alpha value is -4.06. The summed E-state index contributed by atoms with van der Waals surface area (Å²) in [6.07, 6.45) is 1.51. The van der Waals surface area contributed by atoms with E-state index in [1.165, 1.54) is 6.20 Å². The topological polar surface area (TPSA) is 87.2 Å². The lowest BCUT2D eigenvalue weighted by Crippen LogP contribution is -2.23. The first-order valence-electron chi connectivity index (χ1n) is 9.56. The highest BCUT2D eigenvalue weighted by Gasteiger charge is 2.11. The van der Waals surface area contributed by atoms with E-state index < -0.39 is 0 Å². The van der Waals surface area contributed by atoms with Crippen LogP contribution in [0.3, 0.4) is 0 Å². The number of carbonyl (C=O) groups is 1. The number of nitrogens with one attached hydrogen (secondary N) is 2. The molecule has 0 unspecified atom stereocenters. The van der Waals surface area contributed by atoms with Crippen LogP contribution in [0.5, 0.6) is 11.5 Å². The van der Waals surface area contributed by atoms with Crippen molar-refractivity contribution in [2.45, 2.75) is 13.2 Å². The lowest BCUT2D eigenvalue weighted by Gasteiger charge is -2.07. The maximum Gasteiger partial charge on any atom is 0.269 e. The van der Waals surface area contributed by atoms with Gasteiger partial charge in [0.25, 0.3) is 5.91 Å². The molecule has 1 amide bonds. The maximum absolute atomic E-state index is 12.4. The number of benzene rings is 3. The standard InChI is InChI=1S/C24H21N3O3/c28-20-8-4-7-18(13-20)14-26-24(29)22-15-25-23(27-22)19-9-11-21(12-10-19)30-16-17-5-2-1-3-6-17/h1-13,15,28H,14,16H2,(H,25,27)(H,26,29). The van der Waals surface area contributed by atoms with Gasteiger partial charge in [-0.3, -0.25) is 4.79 Å². The summed E-state index contributed by atoms with van der Waals surface area (Å²) in [6, 6.07) is 24.3. The van der Waals surface area contributed by atoms with Gasteiger partial charge in [0, 0.05) is 12.1 Å². The van der Waals surface area contributed by atoms with Crippen molar-refractivity contribution >= 4 is 5.91 Å². The second-order valence-corrected chi connectivity index (χ2v) is 6.80. The average molecular weight is 399 g/mol. The lowest BCUT2D eigenvalue weighted by molar-refractivity contribution is 0.0946. The molecule has 0 aliphatic carbocycles. The first kappa shape index (κ1) is 19.3. The molecular formula is C24H21N3O3. The third-order valence-corrected chi connectivity index (χ3v) is 4.56. The van der Waals surface area contributed by atoms with Gasteiger partial charge in [-0.1, -0.05) is 42.5 Å². The molecule has 0 saturated carbocycles. The Kier molecular flexibility index (Phi) is 5.75. The molecule has 0 bridgehead atoms. The molecule has 0 aliphatic rings. The predicted molar refractivity (Wildman–Crippen MR) is 114 cm³/mol. The first-order chi connectivity index (χ1) is 14.7. The smallest absolute Gasteiger partial charge is 0.269 e. The lowest BCUT2D eigenvalue weighted by atomic mass is 10.2. The van der Waals surface area contributed by atoms with Gasteiger partial charge in [-0.05, 0) is 47.5 Å². The van der Waals surface area contributed by atoms with Gasteiger partial charge < -0.3 is 20.1 Å². The summed E-state index contributed by atoms with van der Waals surface area (Å²) in [5.41, 5.74) is 3.15. The molecule has 4 aromatic rings. The van der Waals surface area contributed by atoms with E-state index in [1.807, 2.05) is 60.7 Å². The van der Waals surface area contributed by atoms with E-state index in [9.17, 15) is 9.90 Å². The maximum atomic E-state index is 12.4. The Morgan fingerprint density at radius 3 is 2.50 bits per heavy atom. The number of hydrogen-bond acceptors (Lipinski definition) is 4. The van der Waals surface area contributed by atoms with Crippen LogP contribution in [0.2, 0.25) is 0 Å². The van der Waals surface area contributed by atoms with Gasteiger partial charge in [-0.2, -0.15) is 0 Å². The zero-order valence-corrected chi connectivity index (χ0v) is 16.2. The number of carbonyl (C=O) groups excluding carboxylic acids is 1. The highest BCUT2D eigenvalue weighted by molar-refractivity contribution is 5.92. The number of phenolic OH excluding ortho intramolecular Hbond substituents is 1. The predicted octanol–water partition coefficient (Wildman–Crippen LogP) is 4.29. The van der Waals surface area contributed by atoms with Crippen molar-refractivity contribution in [2.24, 2.45) is 0 Å². The second-order valence-electron chi connectivity index (χ2n) is 6.80. The Balaban J connectivity index is 1.35. The van der Waals surface area contributed by atoms with Crippen LogP contribution in [-0.4, -0.2) is 21.0 Å². The molecule has 1 heterocycles. The van der Waals surface area contributed by atoms with Gasteiger partial charge in [0.05, 0.1) is 6.20 Å². The highest BCUT2D eigenvalue weighted by atomic mass is 16.5. The second kappa shape index (κ2) is 8.96. The monoisotopic (exact) mass is 399 g/mol. The molecular weight excluding hydrogens is 378 g/mol. The van der Waals surface area contributed by atoms with Crippen molar-refractivity contribution in [2.75, 3.05) is 0 Å². The Morgan fingerprint density at radius 1 is 0.967 bits per heavy atom. The van der Waals surface area contributed by atoms with Crippen molar-refractivity contribution < 1.29 is 14.6 Å². The number of aromatic nitrogens is 2. The van der Waals surface area contributed by atoms with E-state index in [0.29, 0.717) is 24.7 Å². The number of imidazole rings is 1. The zero-order chi connectivity index (χ0) is 20.8. The van der Waals surface area contributed by atoms with Crippen LogP contribution in [0.1, 0.15) is 21.6 Å². The molecule has 30 heavy (non-hydrogen) atoms. The van der Waals surface area contributed by atoms with Crippen molar-refractivity contribution in [3.05, 3.63) is 102 Å². The largest absolute Gasteiger partial charge is 0.508 e. The number of aromatic amines is 1. The minimum absolute atomic E-state index is 0.168. The van der Waals surface area contributed by atoms with Gasteiger partial charge in [0.15, 0.2) is 0 Å². The zero-order valence-electron chi connectivity index (χ0n) is 16.2. The van der Waals surface area contributed by atoms with E-state index in [4.69, 9.17) is 4.74 Å². The van der Waals surface area contributed by atoms with Gasteiger partial charge in [-0.15, -0.1) is 0 Å². The minimum Gasteiger partial charge on any atom is -0.508 e. The molecule has 0 radical (unpaired) electrons. The number of nitrogens with zero attached hydrogens (tertiary/aromatic N) is 1. The number of hydrogen-bond donors (Lipinski definition) is 3. The Bertz CT molecular complexity index is 1120. The normalized spacial score (nSPS) is 10.5. The molecule has 6 nitrogen and oxygen atoms in total. The van der Waals surface area contributed by atoms with Gasteiger partial charge >= 0.3 is 0 Å². The fourth-order valence-electron chi connectivity index (χ4n) is 2.98. The van der Waals surface area contributed by atoms with E-state index in [2.05, 4.69) is 15.3 Å². The molecule has 0 fully saturated rings. The molecule has 0 spiro atoms. The summed E-state index contributed by atoms with van der Waals surface area (Å²) in [4.78, 5) is 19.7. The molecule has 0 aliphatic heterocycles. The molecule has 4 rings (SSSR count). The molecule has 6 heteroatoms. The van der Waals surface area contributed by atoms with E-state index >= 15 is 0 Å². The summed E-state index contributed by atoms with van der Waals surface area (Å²) in [5.74, 6) is 1.27. The van der Waals surface area contributed by atoms with Crippen molar-refractivity contribution in [3.8, 4) is 22.9 Å². The summed E-state index contributed by atoms with van der Waals surface area (Å²) < 4.78 is 5.80. The number of H-pyrrole nitrogens is 1. The van der Waals surface area contributed by atoms with Crippen LogP contribution < -0.4 is 10.1 Å².